The Balaban J connectivity index is 2.70. The average Bonchev–Trinajstić information content (AvgIpc) is 2.23. The van der Waals surface area contributed by atoms with Gasteiger partial charge in [-0.05, 0) is 0 Å². The van der Waals surface area contributed by atoms with Gasteiger partial charge in [0.25, 0.3) is 4.59 Å². The molecule has 106 valence electrons. The van der Waals surface area contributed by atoms with Crippen LogP contribution in [-0.4, -0.2) is 68.3 Å². The van der Waals surface area contributed by atoms with Crippen molar-refractivity contribution in [2.45, 2.75) is 35.3 Å². The molecule has 0 aromatic heterocycles. The summed E-state index contributed by atoms with van der Waals surface area (Å²) >= 11 is 9.94. The van der Waals surface area contributed by atoms with Crippen molar-refractivity contribution in [3.8, 4) is 0 Å². The smallest absolute Gasteiger partial charge is 0.335 e. The molecule has 5 atom stereocenters. The van der Waals surface area contributed by atoms with Crippen LogP contribution in [0.3, 0.4) is 0 Å². The van der Waals surface area contributed by atoms with E-state index in [2.05, 4.69) is 9.47 Å². The Morgan fingerprint density at radius 2 is 1.83 bits per heavy atom. The maximum Gasteiger partial charge on any atom is 0.335 e. The number of halogens is 3. The molecule has 0 amide bonds. The Morgan fingerprint density at radius 1 is 1.28 bits per heavy atom. The highest BCUT2D eigenvalue weighted by atomic mass is 35.5. The molecular formula is C8H11Cl2FO7. The maximum atomic E-state index is 12.7. The molecule has 10 heteroatoms. The Labute approximate surface area is 111 Å². The Morgan fingerprint density at radius 3 is 2.28 bits per heavy atom. The molecular weight excluding hydrogens is 298 g/mol. The van der Waals surface area contributed by atoms with E-state index in [9.17, 15) is 24.5 Å². The largest absolute Gasteiger partial charge is 0.479 e. The predicted octanol–water partition coefficient (Wildman–Crippen LogP) is -1.00. The van der Waals surface area contributed by atoms with Crippen LogP contribution in [0, 0.1) is 0 Å². The third-order valence-corrected chi connectivity index (χ3v) is 2.44. The van der Waals surface area contributed by atoms with E-state index >= 15 is 0 Å². The van der Waals surface area contributed by atoms with Gasteiger partial charge in [-0.1, -0.05) is 23.2 Å². The van der Waals surface area contributed by atoms with Gasteiger partial charge in [0, 0.05) is 0 Å². The molecule has 0 radical (unpaired) electrons. The van der Waals surface area contributed by atoms with Crippen molar-refractivity contribution in [3.63, 3.8) is 0 Å². The minimum absolute atomic E-state index is 0.924. The lowest BCUT2D eigenvalue weighted by atomic mass is 9.99. The second-order valence-corrected chi connectivity index (χ2v) is 5.05. The van der Waals surface area contributed by atoms with E-state index in [1.54, 1.807) is 0 Å². The molecule has 0 aromatic rings. The second-order valence-electron chi connectivity index (χ2n) is 3.66. The number of ether oxygens (including phenoxy) is 2. The SMILES string of the molecule is O=C(O)[C@H]1OC(OCC(F)(Cl)Cl)[C@H](O)[C@@H](O)[C@@H]1O. The Bertz CT molecular complexity index is 310. The predicted molar refractivity (Wildman–Crippen MR) is 55.8 cm³/mol. The average molecular weight is 309 g/mol. The van der Waals surface area contributed by atoms with E-state index in [1.165, 1.54) is 0 Å². The van der Waals surface area contributed by atoms with Crippen molar-refractivity contribution in [1.29, 1.82) is 0 Å². The van der Waals surface area contributed by atoms with Gasteiger partial charge >= 0.3 is 5.97 Å². The number of hydrogen-bond donors (Lipinski definition) is 4. The summed E-state index contributed by atoms with van der Waals surface area (Å²) in [5, 5.41) is 36.9. The van der Waals surface area contributed by atoms with Crippen LogP contribution in [0.15, 0.2) is 0 Å². The molecule has 0 aromatic carbocycles. The summed E-state index contributed by atoms with van der Waals surface area (Å²) in [5.74, 6) is -1.58. The number of hydrogen-bond acceptors (Lipinski definition) is 6. The van der Waals surface area contributed by atoms with Gasteiger partial charge < -0.3 is 29.9 Å². The van der Waals surface area contributed by atoms with Gasteiger partial charge in [-0.2, -0.15) is 0 Å². The van der Waals surface area contributed by atoms with E-state index in [0.717, 1.165) is 0 Å². The Hall–Kier alpha value is -0.220. The second kappa shape index (κ2) is 5.83. The summed E-state index contributed by atoms with van der Waals surface area (Å²) in [4.78, 5) is 10.7. The molecule has 7 nitrogen and oxygen atoms in total. The summed E-state index contributed by atoms with van der Waals surface area (Å²) in [6, 6.07) is 0. The first kappa shape index (κ1) is 15.8. The number of aliphatic carboxylic acids is 1. The van der Waals surface area contributed by atoms with Gasteiger partial charge in [-0.3, -0.25) is 0 Å². The first-order chi connectivity index (χ1) is 8.13. The van der Waals surface area contributed by atoms with E-state index in [-0.39, 0.29) is 0 Å². The van der Waals surface area contributed by atoms with Crippen LogP contribution in [0.2, 0.25) is 0 Å². The minimum atomic E-state index is -2.76. The number of rotatable bonds is 4. The van der Waals surface area contributed by atoms with Crippen LogP contribution >= 0.6 is 23.2 Å². The molecule has 4 N–H and O–H groups in total. The van der Waals surface area contributed by atoms with E-state index in [0.29, 0.717) is 0 Å². The molecule has 1 rings (SSSR count). The quantitative estimate of drug-likeness (QED) is 0.492. The molecule has 0 saturated carbocycles. The fraction of sp³-hybridized carbons (Fsp3) is 0.875. The van der Waals surface area contributed by atoms with E-state index in [1.807, 2.05) is 0 Å². The lowest BCUT2D eigenvalue weighted by molar-refractivity contribution is -0.295. The molecule has 1 aliphatic rings. The highest BCUT2D eigenvalue weighted by Gasteiger charge is 2.48. The van der Waals surface area contributed by atoms with Crippen molar-refractivity contribution in [2.24, 2.45) is 0 Å². The number of carboxylic acids is 1. The zero-order valence-corrected chi connectivity index (χ0v) is 10.3. The lowest BCUT2D eigenvalue weighted by Crippen LogP contribution is -2.60. The monoisotopic (exact) mass is 308 g/mol. The van der Waals surface area contributed by atoms with Crippen LogP contribution in [-0.2, 0) is 14.3 Å². The van der Waals surface area contributed by atoms with Crippen LogP contribution in [0.25, 0.3) is 0 Å². The van der Waals surface area contributed by atoms with Crippen molar-refractivity contribution >= 4 is 29.2 Å². The zero-order valence-electron chi connectivity index (χ0n) is 8.74. The molecule has 0 bridgehead atoms. The van der Waals surface area contributed by atoms with Gasteiger partial charge in [0.15, 0.2) is 12.4 Å². The van der Waals surface area contributed by atoms with Crippen LogP contribution in [0.1, 0.15) is 0 Å². The minimum Gasteiger partial charge on any atom is -0.479 e. The van der Waals surface area contributed by atoms with Crippen molar-refractivity contribution < 1.29 is 39.1 Å². The van der Waals surface area contributed by atoms with Crippen LogP contribution in [0.5, 0.6) is 0 Å². The normalized spacial score (nSPS) is 37.6. The number of alkyl halides is 3. The summed E-state index contributed by atoms with van der Waals surface area (Å²) in [5.41, 5.74) is 0. The number of carbonyl (C=O) groups is 1. The van der Waals surface area contributed by atoms with Crippen LogP contribution < -0.4 is 0 Å². The summed E-state index contributed by atoms with van der Waals surface area (Å²) in [7, 11) is 0. The standard InChI is InChI=1S/C8H11Cl2FO7/c9-8(10,11)1-17-7-4(14)2(12)3(13)5(18-7)6(15)16/h2-5,7,12-14H,1H2,(H,15,16)/t2-,3-,4+,5-,7?/m0/s1. The molecule has 0 aliphatic carbocycles. The Kier molecular flexibility index (Phi) is 5.13. The summed E-state index contributed by atoms with van der Waals surface area (Å²) in [6.07, 6.45) is -8.96. The molecule has 1 fully saturated rings. The molecule has 0 spiro atoms. The van der Waals surface area contributed by atoms with Gasteiger partial charge in [0.2, 0.25) is 0 Å². The molecule has 1 heterocycles. The van der Waals surface area contributed by atoms with E-state index < -0.39 is 47.9 Å². The van der Waals surface area contributed by atoms with Crippen molar-refractivity contribution in [3.05, 3.63) is 0 Å². The van der Waals surface area contributed by atoms with Crippen molar-refractivity contribution in [1.82, 2.24) is 0 Å². The number of aliphatic hydroxyl groups excluding tert-OH is 3. The fourth-order valence-corrected chi connectivity index (χ4v) is 1.49. The van der Waals surface area contributed by atoms with Crippen LogP contribution in [0.4, 0.5) is 4.39 Å². The maximum absolute atomic E-state index is 12.7. The third kappa shape index (κ3) is 3.89. The van der Waals surface area contributed by atoms with E-state index in [4.69, 9.17) is 28.3 Å². The first-order valence-corrected chi connectivity index (χ1v) is 5.50. The number of aliphatic hydroxyl groups is 3. The molecule has 18 heavy (non-hydrogen) atoms. The number of carboxylic acid groups (broad SMARTS) is 1. The fourth-order valence-electron chi connectivity index (χ4n) is 1.37. The molecule has 1 saturated heterocycles. The van der Waals surface area contributed by atoms with Gasteiger partial charge in [-0.15, -0.1) is 0 Å². The lowest BCUT2D eigenvalue weighted by Gasteiger charge is -2.38. The molecule has 1 aliphatic heterocycles. The highest BCUT2D eigenvalue weighted by molar-refractivity contribution is 6.47. The summed E-state index contributed by atoms with van der Waals surface area (Å²) < 4.78 is 19.3. The molecule has 1 unspecified atom stereocenters. The topological polar surface area (TPSA) is 116 Å². The van der Waals surface area contributed by atoms with Crippen molar-refractivity contribution in [2.75, 3.05) is 6.61 Å². The van der Waals surface area contributed by atoms with Gasteiger partial charge in [-0.25, -0.2) is 9.18 Å². The summed E-state index contributed by atoms with van der Waals surface area (Å²) in [6.45, 7) is -0.924. The highest BCUT2D eigenvalue weighted by Crippen LogP contribution is 2.27. The zero-order chi connectivity index (χ0) is 14.1. The first-order valence-electron chi connectivity index (χ1n) is 4.74. The third-order valence-electron chi connectivity index (χ3n) is 2.22. The van der Waals surface area contributed by atoms with Gasteiger partial charge in [0.1, 0.15) is 24.9 Å². The van der Waals surface area contributed by atoms with Gasteiger partial charge in [0.05, 0.1) is 0 Å².